The molecule has 0 aliphatic heterocycles. The van der Waals surface area contributed by atoms with E-state index in [1.165, 1.54) is 6.20 Å². The van der Waals surface area contributed by atoms with Gasteiger partial charge in [-0.2, -0.15) is 0 Å². The van der Waals surface area contributed by atoms with Gasteiger partial charge in [0.1, 0.15) is 0 Å². The molecule has 25 heavy (non-hydrogen) atoms. The van der Waals surface area contributed by atoms with Crippen LogP contribution in [0.4, 0.5) is 0 Å². The molecule has 0 saturated heterocycles. The van der Waals surface area contributed by atoms with Gasteiger partial charge in [0.25, 0.3) is 5.91 Å². The van der Waals surface area contributed by atoms with E-state index in [0.29, 0.717) is 12.1 Å². The van der Waals surface area contributed by atoms with Crippen molar-refractivity contribution in [3.8, 4) is 11.4 Å². The summed E-state index contributed by atoms with van der Waals surface area (Å²) in [6, 6.07) is 11.0. The fraction of sp³-hybridized carbons (Fsp3) is 0.222. The molecule has 1 atom stereocenters. The highest BCUT2D eigenvalue weighted by Crippen LogP contribution is 2.14. The molecule has 1 aromatic carbocycles. The minimum absolute atomic E-state index is 0.0604. The summed E-state index contributed by atoms with van der Waals surface area (Å²) < 4.78 is 1.82. The molecule has 2 aromatic heterocycles. The topological polar surface area (TPSA) is 92.9 Å². The normalized spacial score (nSPS) is 11.9. The van der Waals surface area contributed by atoms with Gasteiger partial charge in [-0.1, -0.05) is 30.3 Å². The Kier molecular flexibility index (Phi) is 5.15. The standard InChI is InChI=1S/C18H19N5O2/c1-23-12-19-10-16(23)15-7-8-20-17(22-15)18(25)21-14(11-24)9-13-5-3-2-4-6-13/h2-8,10,12,14,24H,9,11H2,1H3,(H,21,25)/t14-/m0/s1. The quantitative estimate of drug-likeness (QED) is 0.705. The second-order valence-corrected chi connectivity index (χ2v) is 5.70. The summed E-state index contributed by atoms with van der Waals surface area (Å²) in [5.41, 5.74) is 2.44. The van der Waals surface area contributed by atoms with Crippen molar-refractivity contribution < 1.29 is 9.90 Å². The second-order valence-electron chi connectivity index (χ2n) is 5.70. The number of aryl methyl sites for hydroxylation is 1. The fourth-order valence-corrected chi connectivity index (χ4v) is 2.52. The number of nitrogens with one attached hydrogen (secondary N) is 1. The van der Waals surface area contributed by atoms with Crippen molar-refractivity contribution in [2.24, 2.45) is 7.05 Å². The maximum absolute atomic E-state index is 12.4. The first kappa shape index (κ1) is 16.8. The van der Waals surface area contributed by atoms with Gasteiger partial charge in [0, 0.05) is 13.2 Å². The van der Waals surface area contributed by atoms with Crippen LogP contribution in [-0.2, 0) is 13.5 Å². The first-order valence-corrected chi connectivity index (χ1v) is 7.92. The lowest BCUT2D eigenvalue weighted by molar-refractivity contribution is 0.0906. The molecular formula is C18H19N5O2. The molecule has 1 amide bonds. The molecule has 0 fully saturated rings. The molecule has 0 radical (unpaired) electrons. The molecule has 7 nitrogen and oxygen atoms in total. The number of carbonyl (C=O) groups is 1. The van der Waals surface area contributed by atoms with Crippen LogP contribution in [0.15, 0.2) is 55.1 Å². The van der Waals surface area contributed by atoms with Crippen molar-refractivity contribution in [2.75, 3.05) is 6.61 Å². The summed E-state index contributed by atoms with van der Waals surface area (Å²) in [5, 5.41) is 12.3. The number of nitrogens with zero attached hydrogens (tertiary/aromatic N) is 4. The molecule has 0 unspecified atom stereocenters. The van der Waals surface area contributed by atoms with Crippen LogP contribution in [0.2, 0.25) is 0 Å². The smallest absolute Gasteiger partial charge is 0.289 e. The Labute approximate surface area is 145 Å². The summed E-state index contributed by atoms with van der Waals surface area (Å²) in [6.07, 6.45) is 5.41. The summed E-state index contributed by atoms with van der Waals surface area (Å²) in [7, 11) is 1.85. The Morgan fingerprint density at radius 3 is 2.76 bits per heavy atom. The van der Waals surface area contributed by atoms with Gasteiger partial charge in [-0.3, -0.25) is 4.79 Å². The molecular weight excluding hydrogens is 318 g/mol. The predicted molar refractivity (Wildman–Crippen MR) is 92.7 cm³/mol. The van der Waals surface area contributed by atoms with Crippen LogP contribution in [0.5, 0.6) is 0 Å². The van der Waals surface area contributed by atoms with E-state index < -0.39 is 11.9 Å². The van der Waals surface area contributed by atoms with E-state index >= 15 is 0 Å². The summed E-state index contributed by atoms with van der Waals surface area (Å²) in [6.45, 7) is -0.165. The van der Waals surface area contributed by atoms with E-state index in [1.807, 2.05) is 41.9 Å². The van der Waals surface area contributed by atoms with Crippen molar-refractivity contribution in [3.63, 3.8) is 0 Å². The third-order valence-electron chi connectivity index (χ3n) is 3.82. The molecule has 0 saturated carbocycles. The Hall–Kier alpha value is -3.06. The van der Waals surface area contributed by atoms with Crippen LogP contribution in [0, 0.1) is 0 Å². The molecule has 2 heterocycles. The Morgan fingerprint density at radius 1 is 1.28 bits per heavy atom. The number of hydrogen-bond acceptors (Lipinski definition) is 5. The first-order chi connectivity index (χ1) is 12.2. The Balaban J connectivity index is 1.73. The first-order valence-electron chi connectivity index (χ1n) is 7.92. The Morgan fingerprint density at radius 2 is 2.08 bits per heavy atom. The van der Waals surface area contributed by atoms with Crippen LogP contribution < -0.4 is 5.32 Å². The summed E-state index contributed by atoms with van der Waals surface area (Å²) in [5.74, 6) is -0.357. The number of hydrogen-bond donors (Lipinski definition) is 2. The van der Waals surface area contributed by atoms with Gasteiger partial charge < -0.3 is 15.0 Å². The zero-order valence-electron chi connectivity index (χ0n) is 13.8. The Bertz CT molecular complexity index is 847. The van der Waals surface area contributed by atoms with Crippen molar-refractivity contribution in [2.45, 2.75) is 12.5 Å². The summed E-state index contributed by atoms with van der Waals surface area (Å²) >= 11 is 0. The van der Waals surface area contributed by atoms with Crippen molar-refractivity contribution in [1.29, 1.82) is 0 Å². The van der Waals surface area contributed by atoms with E-state index in [4.69, 9.17) is 0 Å². The minimum atomic E-state index is -0.418. The fourth-order valence-electron chi connectivity index (χ4n) is 2.52. The number of aliphatic hydroxyl groups excluding tert-OH is 1. The van der Waals surface area contributed by atoms with Crippen molar-refractivity contribution in [1.82, 2.24) is 24.8 Å². The maximum Gasteiger partial charge on any atom is 0.289 e. The molecule has 7 heteroatoms. The highest BCUT2D eigenvalue weighted by atomic mass is 16.3. The molecule has 0 aliphatic rings. The second kappa shape index (κ2) is 7.67. The lowest BCUT2D eigenvalue weighted by Crippen LogP contribution is -2.39. The zero-order chi connectivity index (χ0) is 17.6. The third-order valence-corrected chi connectivity index (χ3v) is 3.82. The largest absolute Gasteiger partial charge is 0.394 e. The average molecular weight is 337 g/mol. The SMILES string of the molecule is Cn1cncc1-c1ccnc(C(=O)N[C@H](CO)Cc2ccccc2)n1. The number of rotatable bonds is 6. The van der Waals surface area contributed by atoms with Gasteiger partial charge >= 0.3 is 0 Å². The van der Waals surface area contributed by atoms with Gasteiger partial charge in [-0.25, -0.2) is 15.0 Å². The van der Waals surface area contributed by atoms with Crippen LogP contribution in [0.25, 0.3) is 11.4 Å². The number of amides is 1. The van der Waals surface area contributed by atoms with E-state index in [1.54, 1.807) is 18.6 Å². The average Bonchev–Trinajstić information content (AvgIpc) is 3.08. The number of aromatic nitrogens is 4. The molecule has 128 valence electrons. The predicted octanol–water partition coefficient (Wildman–Crippen LogP) is 1.21. The lowest BCUT2D eigenvalue weighted by Gasteiger charge is -2.16. The van der Waals surface area contributed by atoms with Crippen LogP contribution in [0.1, 0.15) is 16.2 Å². The lowest BCUT2D eigenvalue weighted by atomic mass is 10.1. The molecule has 0 bridgehead atoms. The highest BCUT2D eigenvalue weighted by Gasteiger charge is 2.17. The molecule has 3 rings (SSSR count). The number of aliphatic hydroxyl groups is 1. The van der Waals surface area contributed by atoms with Crippen molar-refractivity contribution >= 4 is 5.91 Å². The van der Waals surface area contributed by atoms with E-state index in [2.05, 4.69) is 20.3 Å². The van der Waals surface area contributed by atoms with Gasteiger partial charge in [0.2, 0.25) is 5.82 Å². The monoisotopic (exact) mass is 337 g/mol. The molecule has 0 aliphatic carbocycles. The molecule has 2 N–H and O–H groups in total. The van der Waals surface area contributed by atoms with Crippen LogP contribution in [0.3, 0.4) is 0 Å². The molecule has 0 spiro atoms. The van der Waals surface area contributed by atoms with Crippen molar-refractivity contribution in [3.05, 3.63) is 66.5 Å². The summed E-state index contributed by atoms with van der Waals surface area (Å²) in [4.78, 5) is 24.8. The number of imidazole rings is 1. The van der Waals surface area contributed by atoms with E-state index in [9.17, 15) is 9.90 Å². The van der Waals surface area contributed by atoms with Crippen LogP contribution in [-0.4, -0.2) is 43.2 Å². The van der Waals surface area contributed by atoms with Crippen LogP contribution >= 0.6 is 0 Å². The molecule has 3 aromatic rings. The van der Waals surface area contributed by atoms with E-state index in [-0.39, 0.29) is 12.4 Å². The van der Waals surface area contributed by atoms with Gasteiger partial charge in [-0.15, -0.1) is 0 Å². The minimum Gasteiger partial charge on any atom is -0.394 e. The van der Waals surface area contributed by atoms with Gasteiger partial charge in [0.15, 0.2) is 0 Å². The van der Waals surface area contributed by atoms with Gasteiger partial charge in [0.05, 0.1) is 36.6 Å². The van der Waals surface area contributed by atoms with Gasteiger partial charge in [-0.05, 0) is 18.1 Å². The highest BCUT2D eigenvalue weighted by molar-refractivity contribution is 5.91. The number of benzene rings is 1. The number of carbonyl (C=O) groups excluding carboxylic acids is 1. The van der Waals surface area contributed by atoms with E-state index in [0.717, 1.165) is 11.3 Å². The zero-order valence-corrected chi connectivity index (χ0v) is 13.8. The maximum atomic E-state index is 12.4. The third kappa shape index (κ3) is 4.07.